The van der Waals surface area contributed by atoms with Gasteiger partial charge in [-0.25, -0.2) is 8.42 Å². The Kier molecular flexibility index (Phi) is 5.43. The fraction of sp³-hybridized carbons (Fsp3) is 0.214. The summed E-state index contributed by atoms with van der Waals surface area (Å²) in [5.74, 6) is 0.625. The Hall–Kier alpha value is -2.90. The van der Waals surface area contributed by atoms with Crippen LogP contribution in [0.3, 0.4) is 0 Å². The number of anilines is 1. The molecular weight excluding hydrogens is 396 g/mol. The first-order chi connectivity index (χ1) is 12.9. The number of rotatable bonds is 7. The molecule has 142 valence electrons. The summed E-state index contributed by atoms with van der Waals surface area (Å²) in [6.45, 7) is 1.05. The Morgan fingerprint density at radius 2 is 2.15 bits per heavy atom. The lowest BCUT2D eigenvalue weighted by Gasteiger charge is -2.00. The van der Waals surface area contributed by atoms with Crippen LogP contribution in [0.2, 0.25) is 0 Å². The molecule has 2 heterocycles. The van der Waals surface area contributed by atoms with E-state index in [0.717, 1.165) is 11.3 Å². The van der Waals surface area contributed by atoms with Crippen molar-refractivity contribution in [2.45, 2.75) is 17.8 Å². The van der Waals surface area contributed by atoms with Crippen LogP contribution < -0.4 is 14.8 Å². The average Bonchev–Trinajstić information content (AvgIpc) is 3.29. The predicted molar refractivity (Wildman–Crippen MR) is 94.5 cm³/mol. The SMILES string of the molecule is COc1cccc(-c2noc(CNS(=O)(=O)c3nnc(NC(C)=O)s3)n2)c1. The fourth-order valence-electron chi connectivity index (χ4n) is 1.94. The van der Waals surface area contributed by atoms with E-state index in [4.69, 9.17) is 9.26 Å². The highest BCUT2D eigenvalue weighted by atomic mass is 32.2. The van der Waals surface area contributed by atoms with Crippen molar-refractivity contribution in [1.82, 2.24) is 25.1 Å². The van der Waals surface area contributed by atoms with Crippen LogP contribution in [-0.2, 0) is 21.4 Å². The van der Waals surface area contributed by atoms with Crippen molar-refractivity contribution in [3.8, 4) is 17.1 Å². The smallest absolute Gasteiger partial charge is 0.270 e. The van der Waals surface area contributed by atoms with E-state index in [9.17, 15) is 13.2 Å². The number of nitrogens with zero attached hydrogens (tertiary/aromatic N) is 4. The molecule has 1 aromatic carbocycles. The minimum absolute atomic E-state index is 0.0722. The maximum Gasteiger partial charge on any atom is 0.270 e. The maximum atomic E-state index is 12.2. The van der Waals surface area contributed by atoms with Crippen LogP contribution in [0, 0.1) is 0 Å². The Labute approximate surface area is 157 Å². The molecule has 0 aliphatic heterocycles. The second-order valence-electron chi connectivity index (χ2n) is 5.12. The molecule has 0 fully saturated rings. The third-order valence-electron chi connectivity index (χ3n) is 3.13. The van der Waals surface area contributed by atoms with Gasteiger partial charge >= 0.3 is 0 Å². The Morgan fingerprint density at radius 3 is 2.89 bits per heavy atom. The van der Waals surface area contributed by atoms with Crippen LogP contribution in [0.25, 0.3) is 11.4 Å². The first kappa shape index (κ1) is 18.9. The molecule has 0 aliphatic carbocycles. The molecule has 3 aromatic rings. The minimum atomic E-state index is -3.94. The molecule has 0 radical (unpaired) electrons. The summed E-state index contributed by atoms with van der Waals surface area (Å²) in [5.41, 5.74) is 0.663. The molecule has 0 bridgehead atoms. The van der Waals surface area contributed by atoms with E-state index in [1.165, 1.54) is 6.92 Å². The van der Waals surface area contributed by atoms with E-state index in [-0.39, 0.29) is 27.8 Å². The third-order valence-corrected chi connectivity index (χ3v) is 5.74. The zero-order valence-corrected chi connectivity index (χ0v) is 15.8. The lowest BCUT2D eigenvalue weighted by Crippen LogP contribution is -2.23. The second kappa shape index (κ2) is 7.77. The topological polar surface area (TPSA) is 149 Å². The van der Waals surface area contributed by atoms with Crippen LogP contribution in [0.15, 0.2) is 33.1 Å². The second-order valence-corrected chi connectivity index (χ2v) is 8.04. The molecule has 0 aliphatic rings. The average molecular weight is 410 g/mol. The summed E-state index contributed by atoms with van der Waals surface area (Å²) < 4.78 is 36.7. The van der Waals surface area contributed by atoms with Crippen molar-refractivity contribution >= 4 is 32.4 Å². The van der Waals surface area contributed by atoms with Gasteiger partial charge in [0.1, 0.15) is 5.75 Å². The molecule has 2 aromatic heterocycles. The van der Waals surface area contributed by atoms with Gasteiger partial charge in [0.05, 0.1) is 13.7 Å². The molecule has 27 heavy (non-hydrogen) atoms. The molecule has 0 unspecified atom stereocenters. The Morgan fingerprint density at radius 1 is 1.33 bits per heavy atom. The van der Waals surface area contributed by atoms with Gasteiger partial charge in [-0.15, -0.1) is 10.2 Å². The van der Waals surface area contributed by atoms with E-state index >= 15 is 0 Å². The van der Waals surface area contributed by atoms with Crippen molar-refractivity contribution in [2.75, 3.05) is 12.4 Å². The Bertz CT molecular complexity index is 1060. The normalized spacial score (nSPS) is 11.3. The molecule has 0 saturated carbocycles. The summed E-state index contributed by atoms with van der Waals surface area (Å²) in [6.07, 6.45) is 0. The van der Waals surface area contributed by atoms with E-state index in [1.54, 1.807) is 31.4 Å². The summed E-state index contributed by atoms with van der Waals surface area (Å²) in [7, 11) is -2.40. The number of hydrogen-bond donors (Lipinski definition) is 2. The molecule has 0 spiro atoms. The maximum absolute atomic E-state index is 12.2. The molecule has 3 rings (SSSR count). The number of ether oxygens (including phenoxy) is 1. The van der Waals surface area contributed by atoms with Crippen LogP contribution in [0.1, 0.15) is 12.8 Å². The van der Waals surface area contributed by atoms with E-state index in [1.807, 2.05) is 0 Å². The van der Waals surface area contributed by atoms with Crippen molar-refractivity contribution < 1.29 is 22.5 Å². The van der Waals surface area contributed by atoms with Gasteiger partial charge in [0.2, 0.25) is 27.1 Å². The number of carbonyl (C=O) groups is 1. The molecule has 2 N–H and O–H groups in total. The summed E-state index contributed by atoms with van der Waals surface area (Å²) >= 11 is 0.724. The van der Waals surface area contributed by atoms with Crippen molar-refractivity contribution in [3.05, 3.63) is 30.2 Å². The van der Waals surface area contributed by atoms with Gasteiger partial charge in [-0.3, -0.25) is 4.79 Å². The molecule has 13 heteroatoms. The number of hydrogen-bond acceptors (Lipinski definition) is 10. The molecule has 11 nitrogen and oxygen atoms in total. The van der Waals surface area contributed by atoms with E-state index in [0.29, 0.717) is 17.1 Å². The first-order valence-electron chi connectivity index (χ1n) is 7.45. The highest BCUT2D eigenvalue weighted by Gasteiger charge is 2.21. The minimum Gasteiger partial charge on any atom is -0.497 e. The Balaban J connectivity index is 1.68. The van der Waals surface area contributed by atoms with Crippen LogP contribution in [0.4, 0.5) is 5.13 Å². The lowest BCUT2D eigenvalue weighted by molar-refractivity contribution is -0.114. The van der Waals surface area contributed by atoms with Gasteiger partial charge < -0.3 is 14.6 Å². The zero-order valence-electron chi connectivity index (χ0n) is 14.2. The fourth-order valence-corrected chi connectivity index (χ4v) is 3.91. The van der Waals surface area contributed by atoms with Gasteiger partial charge in [-0.1, -0.05) is 28.6 Å². The number of methoxy groups -OCH3 is 1. The number of benzene rings is 1. The van der Waals surface area contributed by atoms with Crippen LogP contribution >= 0.6 is 11.3 Å². The van der Waals surface area contributed by atoms with Gasteiger partial charge in [0.15, 0.2) is 0 Å². The molecule has 1 amide bonds. The van der Waals surface area contributed by atoms with Crippen molar-refractivity contribution in [3.63, 3.8) is 0 Å². The van der Waals surface area contributed by atoms with Crippen molar-refractivity contribution in [1.29, 1.82) is 0 Å². The monoisotopic (exact) mass is 410 g/mol. The van der Waals surface area contributed by atoms with Gasteiger partial charge in [0, 0.05) is 12.5 Å². The number of aromatic nitrogens is 4. The number of nitrogens with one attached hydrogen (secondary N) is 2. The van der Waals surface area contributed by atoms with Crippen LogP contribution in [0.5, 0.6) is 5.75 Å². The van der Waals surface area contributed by atoms with Gasteiger partial charge in [0.25, 0.3) is 10.0 Å². The highest BCUT2D eigenvalue weighted by molar-refractivity contribution is 7.91. The first-order valence-corrected chi connectivity index (χ1v) is 9.75. The summed E-state index contributed by atoms with van der Waals surface area (Å²) in [6, 6.07) is 7.04. The number of carbonyl (C=O) groups excluding carboxylic acids is 1. The van der Waals surface area contributed by atoms with Gasteiger partial charge in [-0.05, 0) is 12.1 Å². The van der Waals surface area contributed by atoms with Crippen molar-refractivity contribution in [2.24, 2.45) is 0 Å². The number of sulfonamides is 1. The molecule has 0 saturated heterocycles. The lowest BCUT2D eigenvalue weighted by atomic mass is 10.2. The largest absolute Gasteiger partial charge is 0.497 e. The quantitative estimate of drug-likeness (QED) is 0.545. The third kappa shape index (κ3) is 4.64. The predicted octanol–water partition coefficient (Wildman–Crippen LogP) is 1.03. The van der Waals surface area contributed by atoms with E-state index < -0.39 is 10.0 Å². The van der Waals surface area contributed by atoms with Gasteiger partial charge in [-0.2, -0.15) is 9.71 Å². The summed E-state index contributed by atoms with van der Waals surface area (Å²) in [5, 5.41) is 13.4. The van der Waals surface area contributed by atoms with E-state index in [2.05, 4.69) is 30.4 Å². The molecule has 0 atom stereocenters. The van der Waals surface area contributed by atoms with Crippen LogP contribution in [-0.4, -0.2) is 41.8 Å². The number of amides is 1. The summed E-state index contributed by atoms with van der Waals surface area (Å²) in [4.78, 5) is 15.1. The zero-order chi connectivity index (χ0) is 19.4. The standard InChI is InChI=1S/C14H14N6O5S2/c1-8(21)16-13-18-19-14(26-13)27(22,23)15-7-11-17-12(20-25-11)9-4-3-5-10(6-9)24-2/h3-6,15H,7H2,1-2H3,(H,16,18,21). The molecular formula is C14H14N6O5S2. The highest BCUT2D eigenvalue weighted by Crippen LogP contribution is 2.22.